The molecule has 0 fully saturated rings. The number of ether oxygens (including phenoxy) is 2. The Morgan fingerprint density at radius 3 is 2.53 bits per heavy atom. The largest absolute Gasteiger partial charge is 0.493 e. The monoisotopic (exact) mass is 303 g/mol. The van der Waals surface area contributed by atoms with Crippen molar-refractivity contribution in [1.82, 2.24) is 0 Å². The highest BCUT2D eigenvalue weighted by atomic mass is 79.9. The number of methoxy groups -OCH3 is 1. The van der Waals surface area contributed by atoms with Gasteiger partial charge in [0.1, 0.15) is 0 Å². The van der Waals surface area contributed by atoms with E-state index in [2.05, 4.69) is 15.9 Å². The third kappa shape index (κ3) is 3.59. The minimum Gasteiger partial charge on any atom is -0.493 e. The summed E-state index contributed by atoms with van der Waals surface area (Å²) in [5.41, 5.74) is 6.59. The molecule has 17 heavy (non-hydrogen) atoms. The molecule has 0 bridgehead atoms. The van der Waals surface area contributed by atoms with E-state index >= 15 is 0 Å². The highest BCUT2D eigenvalue weighted by Gasteiger charge is 2.18. The third-order valence-corrected chi connectivity index (χ3v) is 2.68. The molecule has 0 aromatic heterocycles. The van der Waals surface area contributed by atoms with Gasteiger partial charge in [-0.1, -0.05) is 15.9 Å². The first-order chi connectivity index (χ1) is 7.99. The van der Waals surface area contributed by atoms with Crippen LogP contribution in [0.1, 0.15) is 25.5 Å². The molecule has 0 saturated heterocycles. The maximum Gasteiger partial charge on any atom is 0.166 e. The number of aliphatic hydroxyl groups excluding tert-OH is 1. The quantitative estimate of drug-likeness (QED) is 0.875. The van der Waals surface area contributed by atoms with Crippen LogP contribution in [0.5, 0.6) is 11.5 Å². The molecule has 0 saturated carbocycles. The van der Waals surface area contributed by atoms with E-state index in [-0.39, 0.29) is 12.7 Å². The fraction of sp³-hybridized carbons (Fsp3) is 0.500. The zero-order chi connectivity index (χ0) is 13.0. The highest BCUT2D eigenvalue weighted by molar-refractivity contribution is 9.10. The van der Waals surface area contributed by atoms with Crippen molar-refractivity contribution in [2.75, 3.05) is 13.7 Å². The van der Waals surface area contributed by atoms with Crippen LogP contribution in [-0.4, -0.2) is 24.9 Å². The van der Waals surface area contributed by atoms with Gasteiger partial charge in [-0.05, 0) is 26.0 Å². The van der Waals surface area contributed by atoms with Gasteiger partial charge in [-0.2, -0.15) is 0 Å². The van der Waals surface area contributed by atoms with Gasteiger partial charge in [0.05, 0.1) is 25.9 Å². The second-order valence-corrected chi connectivity index (χ2v) is 4.90. The number of halogens is 1. The maximum absolute atomic E-state index is 9.16. The van der Waals surface area contributed by atoms with E-state index in [0.717, 1.165) is 10.0 Å². The molecule has 0 aliphatic carbocycles. The minimum absolute atomic E-state index is 0.00900. The zero-order valence-corrected chi connectivity index (χ0v) is 11.8. The Kier molecular flexibility index (Phi) is 5.24. The first-order valence-electron chi connectivity index (χ1n) is 5.40. The SMILES string of the molecule is COc1cc(Br)cc(C(N)CO)c1OC(C)C. The second kappa shape index (κ2) is 6.23. The molecule has 3 N–H and O–H groups in total. The molecule has 0 aliphatic heterocycles. The number of hydrogen-bond acceptors (Lipinski definition) is 4. The number of benzene rings is 1. The summed E-state index contributed by atoms with van der Waals surface area (Å²) in [4.78, 5) is 0. The Morgan fingerprint density at radius 1 is 1.41 bits per heavy atom. The Labute approximate surface area is 110 Å². The van der Waals surface area contributed by atoms with Crippen LogP contribution < -0.4 is 15.2 Å². The van der Waals surface area contributed by atoms with Gasteiger partial charge in [0.15, 0.2) is 11.5 Å². The van der Waals surface area contributed by atoms with Crippen molar-refractivity contribution in [1.29, 1.82) is 0 Å². The van der Waals surface area contributed by atoms with Gasteiger partial charge in [0.25, 0.3) is 0 Å². The summed E-state index contributed by atoms with van der Waals surface area (Å²) in [6.45, 7) is 3.71. The molecule has 1 aromatic rings. The van der Waals surface area contributed by atoms with Crippen molar-refractivity contribution in [3.8, 4) is 11.5 Å². The fourth-order valence-electron chi connectivity index (χ4n) is 1.48. The second-order valence-electron chi connectivity index (χ2n) is 3.98. The van der Waals surface area contributed by atoms with Gasteiger partial charge in [-0.25, -0.2) is 0 Å². The summed E-state index contributed by atoms with van der Waals surface area (Å²) in [6, 6.07) is 3.15. The predicted octanol–water partition coefficient (Wildman–Crippen LogP) is 2.24. The summed E-state index contributed by atoms with van der Waals surface area (Å²) in [5, 5.41) is 9.16. The summed E-state index contributed by atoms with van der Waals surface area (Å²) in [5.74, 6) is 1.19. The topological polar surface area (TPSA) is 64.7 Å². The predicted molar refractivity (Wildman–Crippen MR) is 70.5 cm³/mol. The van der Waals surface area contributed by atoms with Crippen LogP contribution in [0.4, 0.5) is 0 Å². The molecular formula is C12H18BrNO3. The summed E-state index contributed by atoms with van der Waals surface area (Å²) in [7, 11) is 1.57. The molecule has 0 radical (unpaired) electrons. The highest BCUT2D eigenvalue weighted by Crippen LogP contribution is 2.38. The maximum atomic E-state index is 9.16. The molecule has 0 heterocycles. The standard InChI is InChI=1S/C12H18BrNO3/c1-7(2)17-12-9(10(14)6-15)4-8(13)5-11(12)16-3/h4-5,7,10,15H,6,14H2,1-3H3. The van der Waals surface area contributed by atoms with Gasteiger partial charge in [0.2, 0.25) is 0 Å². The van der Waals surface area contributed by atoms with Crippen molar-refractivity contribution in [2.24, 2.45) is 5.73 Å². The van der Waals surface area contributed by atoms with E-state index in [1.54, 1.807) is 7.11 Å². The van der Waals surface area contributed by atoms with Crippen LogP contribution >= 0.6 is 15.9 Å². The molecule has 1 rings (SSSR count). The van der Waals surface area contributed by atoms with Gasteiger partial charge >= 0.3 is 0 Å². The molecule has 1 aromatic carbocycles. The summed E-state index contributed by atoms with van der Waals surface area (Å²) >= 11 is 3.38. The van der Waals surface area contributed by atoms with Gasteiger partial charge in [-0.3, -0.25) is 0 Å². The van der Waals surface area contributed by atoms with E-state index in [4.69, 9.17) is 20.3 Å². The van der Waals surface area contributed by atoms with Crippen LogP contribution in [0.3, 0.4) is 0 Å². The first kappa shape index (κ1) is 14.3. The van der Waals surface area contributed by atoms with E-state index < -0.39 is 6.04 Å². The molecule has 96 valence electrons. The normalized spacial score (nSPS) is 12.6. The lowest BCUT2D eigenvalue weighted by atomic mass is 10.1. The lowest BCUT2D eigenvalue weighted by molar-refractivity contribution is 0.219. The molecule has 4 nitrogen and oxygen atoms in total. The Balaban J connectivity index is 3.27. The fourth-order valence-corrected chi connectivity index (χ4v) is 1.93. The Hall–Kier alpha value is -0.780. The van der Waals surface area contributed by atoms with Crippen LogP contribution in [0.15, 0.2) is 16.6 Å². The van der Waals surface area contributed by atoms with Crippen LogP contribution in [0.2, 0.25) is 0 Å². The van der Waals surface area contributed by atoms with Crippen molar-refractivity contribution in [2.45, 2.75) is 26.0 Å². The average Bonchev–Trinajstić information content (AvgIpc) is 2.29. The van der Waals surface area contributed by atoms with Crippen molar-refractivity contribution in [3.63, 3.8) is 0 Å². The number of rotatable bonds is 5. The van der Waals surface area contributed by atoms with Gasteiger partial charge < -0.3 is 20.3 Å². The number of nitrogens with two attached hydrogens (primary N) is 1. The van der Waals surface area contributed by atoms with Crippen molar-refractivity contribution < 1.29 is 14.6 Å². The van der Waals surface area contributed by atoms with E-state index in [1.807, 2.05) is 26.0 Å². The molecule has 0 spiro atoms. The van der Waals surface area contributed by atoms with E-state index in [0.29, 0.717) is 11.5 Å². The molecule has 0 amide bonds. The lowest BCUT2D eigenvalue weighted by Gasteiger charge is -2.20. The molecular weight excluding hydrogens is 286 g/mol. The summed E-state index contributed by atoms with van der Waals surface area (Å²) in [6.07, 6.45) is 0.00900. The Morgan fingerprint density at radius 2 is 2.06 bits per heavy atom. The molecule has 0 aliphatic rings. The summed E-state index contributed by atoms with van der Waals surface area (Å²) < 4.78 is 11.8. The number of hydrogen-bond donors (Lipinski definition) is 2. The Bertz CT molecular complexity index is 382. The molecule has 1 unspecified atom stereocenters. The van der Waals surface area contributed by atoms with Crippen LogP contribution in [-0.2, 0) is 0 Å². The smallest absolute Gasteiger partial charge is 0.166 e. The third-order valence-electron chi connectivity index (χ3n) is 2.22. The van der Waals surface area contributed by atoms with Crippen LogP contribution in [0, 0.1) is 0 Å². The van der Waals surface area contributed by atoms with Crippen molar-refractivity contribution in [3.05, 3.63) is 22.2 Å². The van der Waals surface area contributed by atoms with Gasteiger partial charge in [0, 0.05) is 10.0 Å². The first-order valence-corrected chi connectivity index (χ1v) is 6.19. The minimum atomic E-state index is -0.491. The zero-order valence-electron chi connectivity index (χ0n) is 10.2. The van der Waals surface area contributed by atoms with E-state index in [9.17, 15) is 0 Å². The average molecular weight is 304 g/mol. The van der Waals surface area contributed by atoms with Gasteiger partial charge in [-0.15, -0.1) is 0 Å². The van der Waals surface area contributed by atoms with E-state index in [1.165, 1.54) is 0 Å². The van der Waals surface area contributed by atoms with Crippen LogP contribution in [0.25, 0.3) is 0 Å². The molecule has 5 heteroatoms. The number of aliphatic hydroxyl groups is 1. The molecule has 1 atom stereocenters. The lowest BCUT2D eigenvalue weighted by Crippen LogP contribution is -2.18. The van der Waals surface area contributed by atoms with Crippen molar-refractivity contribution >= 4 is 15.9 Å².